The summed E-state index contributed by atoms with van der Waals surface area (Å²) in [5, 5.41) is 19.3. The van der Waals surface area contributed by atoms with E-state index in [0.717, 1.165) is 36.5 Å². The molecule has 0 amide bonds. The molecule has 1 saturated heterocycles. The predicted octanol–water partition coefficient (Wildman–Crippen LogP) is 2.88. The summed E-state index contributed by atoms with van der Waals surface area (Å²) in [6.45, 7) is 3.37. The lowest BCUT2D eigenvalue weighted by atomic mass is 10.1. The Hall–Kier alpha value is -1.02. The second-order valence-corrected chi connectivity index (χ2v) is 5.81. The summed E-state index contributed by atoms with van der Waals surface area (Å²) in [7, 11) is 0. The molecule has 18 heavy (non-hydrogen) atoms. The zero-order valence-corrected chi connectivity index (χ0v) is 11.2. The van der Waals surface area contributed by atoms with Crippen molar-refractivity contribution in [3.8, 4) is 6.07 Å². The van der Waals surface area contributed by atoms with Crippen molar-refractivity contribution in [2.75, 3.05) is 13.2 Å². The quantitative estimate of drug-likeness (QED) is 0.911. The van der Waals surface area contributed by atoms with Gasteiger partial charge in [-0.15, -0.1) is 11.8 Å². The number of rotatable bonds is 3. The Morgan fingerprint density at radius 1 is 1.44 bits per heavy atom. The average molecular weight is 263 g/mol. The second kappa shape index (κ2) is 6.24. The standard InChI is InChI=1S/C14H17NO2S/c1-10(16)13-3-2-11(9-15)8-14(13)18-12-4-6-17-7-5-12/h2-3,8,10,12,16H,4-7H2,1H3/t10-/m0/s1. The van der Waals surface area contributed by atoms with Crippen LogP contribution in [0.4, 0.5) is 0 Å². The molecule has 0 aromatic heterocycles. The van der Waals surface area contributed by atoms with Gasteiger partial charge in [-0.3, -0.25) is 0 Å². The summed E-state index contributed by atoms with van der Waals surface area (Å²) in [5.74, 6) is 0. The smallest absolute Gasteiger partial charge is 0.0992 e. The first-order chi connectivity index (χ1) is 8.70. The van der Waals surface area contributed by atoms with Crippen molar-refractivity contribution in [3.05, 3.63) is 29.3 Å². The van der Waals surface area contributed by atoms with Gasteiger partial charge in [-0.1, -0.05) is 6.07 Å². The first kappa shape index (κ1) is 13.4. The van der Waals surface area contributed by atoms with E-state index in [1.807, 2.05) is 12.1 Å². The third kappa shape index (κ3) is 3.26. The van der Waals surface area contributed by atoms with E-state index in [4.69, 9.17) is 10.00 Å². The van der Waals surface area contributed by atoms with Crippen LogP contribution >= 0.6 is 11.8 Å². The molecule has 0 unspecified atom stereocenters. The lowest BCUT2D eigenvalue weighted by molar-refractivity contribution is 0.1000. The summed E-state index contributed by atoms with van der Waals surface area (Å²) in [6, 6.07) is 7.64. The highest BCUT2D eigenvalue weighted by Gasteiger charge is 2.18. The van der Waals surface area contributed by atoms with E-state index in [2.05, 4.69) is 6.07 Å². The molecule has 1 N–H and O–H groups in total. The van der Waals surface area contributed by atoms with Gasteiger partial charge >= 0.3 is 0 Å². The molecule has 0 bridgehead atoms. The number of benzene rings is 1. The minimum Gasteiger partial charge on any atom is -0.389 e. The maximum Gasteiger partial charge on any atom is 0.0992 e. The number of nitriles is 1. The van der Waals surface area contributed by atoms with Crippen LogP contribution in [0.3, 0.4) is 0 Å². The molecular formula is C14H17NO2S. The fourth-order valence-electron chi connectivity index (χ4n) is 2.02. The third-order valence-electron chi connectivity index (χ3n) is 3.05. The van der Waals surface area contributed by atoms with Crippen molar-refractivity contribution < 1.29 is 9.84 Å². The molecule has 0 radical (unpaired) electrons. The number of aliphatic hydroxyl groups excluding tert-OH is 1. The molecule has 3 nitrogen and oxygen atoms in total. The molecule has 96 valence electrons. The molecule has 1 atom stereocenters. The lowest BCUT2D eigenvalue weighted by Crippen LogP contribution is -2.17. The number of ether oxygens (including phenoxy) is 1. The van der Waals surface area contributed by atoms with Crippen molar-refractivity contribution >= 4 is 11.8 Å². The van der Waals surface area contributed by atoms with Crippen molar-refractivity contribution in [2.24, 2.45) is 0 Å². The Kier molecular flexibility index (Phi) is 4.65. The Morgan fingerprint density at radius 3 is 2.78 bits per heavy atom. The van der Waals surface area contributed by atoms with Crippen LogP contribution in [-0.4, -0.2) is 23.6 Å². The molecule has 1 aromatic carbocycles. The van der Waals surface area contributed by atoms with Crippen LogP contribution in [0.1, 0.15) is 37.0 Å². The van der Waals surface area contributed by atoms with Gasteiger partial charge in [0.15, 0.2) is 0 Å². The van der Waals surface area contributed by atoms with Crippen LogP contribution in [0.5, 0.6) is 0 Å². The fraction of sp³-hybridized carbons (Fsp3) is 0.500. The maximum atomic E-state index is 9.78. The van der Waals surface area contributed by atoms with Gasteiger partial charge in [0, 0.05) is 23.4 Å². The van der Waals surface area contributed by atoms with Gasteiger partial charge in [0.05, 0.1) is 17.7 Å². The van der Waals surface area contributed by atoms with E-state index in [1.54, 1.807) is 24.8 Å². The molecule has 2 rings (SSSR count). The molecular weight excluding hydrogens is 246 g/mol. The van der Waals surface area contributed by atoms with Crippen LogP contribution in [0.15, 0.2) is 23.1 Å². The summed E-state index contributed by atoms with van der Waals surface area (Å²) < 4.78 is 5.34. The molecule has 1 fully saturated rings. The number of thioether (sulfide) groups is 1. The van der Waals surface area contributed by atoms with Crippen molar-refractivity contribution in [2.45, 2.75) is 36.0 Å². The molecule has 0 saturated carbocycles. The number of aliphatic hydroxyl groups is 1. The van der Waals surface area contributed by atoms with E-state index in [0.29, 0.717) is 10.8 Å². The van der Waals surface area contributed by atoms with Crippen LogP contribution in [0.2, 0.25) is 0 Å². The van der Waals surface area contributed by atoms with Crippen LogP contribution < -0.4 is 0 Å². The monoisotopic (exact) mass is 263 g/mol. The second-order valence-electron chi connectivity index (χ2n) is 4.47. The normalized spacial score (nSPS) is 18.3. The topological polar surface area (TPSA) is 53.2 Å². The zero-order chi connectivity index (χ0) is 13.0. The highest BCUT2D eigenvalue weighted by Crippen LogP contribution is 2.35. The maximum absolute atomic E-state index is 9.78. The minimum atomic E-state index is -0.500. The Bertz CT molecular complexity index is 448. The van der Waals surface area contributed by atoms with Crippen LogP contribution in [0, 0.1) is 11.3 Å². The van der Waals surface area contributed by atoms with Gasteiger partial charge < -0.3 is 9.84 Å². The highest BCUT2D eigenvalue weighted by atomic mass is 32.2. The highest BCUT2D eigenvalue weighted by molar-refractivity contribution is 8.00. The fourth-order valence-corrected chi connectivity index (χ4v) is 3.38. The zero-order valence-electron chi connectivity index (χ0n) is 10.4. The van der Waals surface area contributed by atoms with Gasteiger partial charge in [-0.25, -0.2) is 0 Å². The third-order valence-corrected chi connectivity index (χ3v) is 4.47. The van der Waals surface area contributed by atoms with Crippen LogP contribution in [0.25, 0.3) is 0 Å². The van der Waals surface area contributed by atoms with Gasteiger partial charge in [0.1, 0.15) is 0 Å². The molecule has 1 heterocycles. The van der Waals surface area contributed by atoms with Crippen molar-refractivity contribution in [1.82, 2.24) is 0 Å². The van der Waals surface area contributed by atoms with Gasteiger partial charge in [-0.05, 0) is 37.5 Å². The number of nitrogens with zero attached hydrogens (tertiary/aromatic N) is 1. The summed E-state index contributed by atoms with van der Waals surface area (Å²) in [5.41, 5.74) is 1.56. The van der Waals surface area contributed by atoms with Crippen molar-refractivity contribution in [1.29, 1.82) is 5.26 Å². The number of hydrogen-bond donors (Lipinski definition) is 1. The van der Waals surface area contributed by atoms with E-state index in [9.17, 15) is 5.11 Å². The van der Waals surface area contributed by atoms with E-state index in [1.165, 1.54) is 0 Å². The Balaban J connectivity index is 2.20. The van der Waals surface area contributed by atoms with E-state index in [-0.39, 0.29) is 0 Å². The largest absolute Gasteiger partial charge is 0.389 e. The molecule has 0 aliphatic carbocycles. The van der Waals surface area contributed by atoms with Gasteiger partial charge in [0.25, 0.3) is 0 Å². The van der Waals surface area contributed by atoms with E-state index < -0.39 is 6.10 Å². The average Bonchev–Trinajstić information content (AvgIpc) is 2.39. The summed E-state index contributed by atoms with van der Waals surface area (Å²) >= 11 is 1.76. The Labute approximate surface area is 112 Å². The number of hydrogen-bond acceptors (Lipinski definition) is 4. The van der Waals surface area contributed by atoms with Gasteiger partial charge in [0.2, 0.25) is 0 Å². The minimum absolute atomic E-state index is 0.500. The molecule has 1 aliphatic rings. The molecule has 4 heteroatoms. The van der Waals surface area contributed by atoms with Gasteiger partial charge in [-0.2, -0.15) is 5.26 Å². The van der Waals surface area contributed by atoms with Crippen molar-refractivity contribution in [3.63, 3.8) is 0 Å². The Morgan fingerprint density at radius 2 is 2.17 bits per heavy atom. The van der Waals surface area contributed by atoms with Crippen LogP contribution in [-0.2, 0) is 4.74 Å². The SMILES string of the molecule is C[C@H](O)c1ccc(C#N)cc1SC1CCOCC1. The van der Waals surface area contributed by atoms with E-state index >= 15 is 0 Å². The first-order valence-electron chi connectivity index (χ1n) is 6.17. The molecule has 0 spiro atoms. The summed E-state index contributed by atoms with van der Waals surface area (Å²) in [4.78, 5) is 1.02. The predicted molar refractivity (Wildman–Crippen MR) is 71.5 cm³/mol. The lowest BCUT2D eigenvalue weighted by Gasteiger charge is -2.23. The first-order valence-corrected chi connectivity index (χ1v) is 7.05. The molecule has 1 aliphatic heterocycles. The summed E-state index contributed by atoms with van der Waals surface area (Å²) in [6.07, 6.45) is 1.56. The molecule has 1 aromatic rings.